The molecule has 0 atom stereocenters. The second-order valence-corrected chi connectivity index (χ2v) is 5.47. The van der Waals surface area contributed by atoms with Gasteiger partial charge >= 0.3 is 0 Å². The number of aromatic nitrogens is 2. The number of pyridine rings is 1. The Morgan fingerprint density at radius 1 is 1.16 bits per heavy atom. The number of aromatic amines is 1. The molecular formula is C15H10BrClN2. The van der Waals surface area contributed by atoms with Crippen LogP contribution in [0.25, 0.3) is 23.2 Å². The molecular weight excluding hydrogens is 324 g/mol. The largest absolute Gasteiger partial charge is 0.346 e. The zero-order valence-corrected chi connectivity index (χ0v) is 12.2. The van der Waals surface area contributed by atoms with Crippen molar-refractivity contribution in [3.05, 3.63) is 63.3 Å². The first-order chi connectivity index (χ1) is 9.24. The van der Waals surface area contributed by atoms with Gasteiger partial charge in [0.1, 0.15) is 5.65 Å². The van der Waals surface area contributed by atoms with Crippen molar-refractivity contribution < 1.29 is 0 Å². The Labute approximate surface area is 124 Å². The highest BCUT2D eigenvalue weighted by atomic mass is 79.9. The number of nitrogens with zero attached hydrogens (tertiary/aromatic N) is 1. The van der Waals surface area contributed by atoms with Gasteiger partial charge in [0.05, 0.1) is 0 Å². The highest BCUT2D eigenvalue weighted by molar-refractivity contribution is 9.10. The summed E-state index contributed by atoms with van der Waals surface area (Å²) in [4.78, 5) is 7.46. The van der Waals surface area contributed by atoms with E-state index in [9.17, 15) is 0 Å². The predicted octanol–water partition coefficient (Wildman–Crippen LogP) is 5.15. The molecule has 0 saturated heterocycles. The van der Waals surface area contributed by atoms with Crippen LogP contribution in [0, 0.1) is 0 Å². The predicted molar refractivity (Wildman–Crippen MR) is 84.2 cm³/mol. The Morgan fingerprint density at radius 3 is 2.79 bits per heavy atom. The van der Waals surface area contributed by atoms with Gasteiger partial charge in [0, 0.05) is 32.8 Å². The van der Waals surface area contributed by atoms with Gasteiger partial charge in [0.15, 0.2) is 0 Å². The van der Waals surface area contributed by atoms with Crippen molar-refractivity contribution in [2.75, 3.05) is 0 Å². The quantitative estimate of drug-likeness (QED) is 0.690. The first kappa shape index (κ1) is 12.5. The van der Waals surface area contributed by atoms with Crippen molar-refractivity contribution in [2.24, 2.45) is 0 Å². The van der Waals surface area contributed by atoms with Crippen molar-refractivity contribution in [1.82, 2.24) is 9.97 Å². The second-order valence-electron chi connectivity index (χ2n) is 4.15. The smallest absolute Gasteiger partial charge is 0.137 e. The summed E-state index contributed by atoms with van der Waals surface area (Å²) in [7, 11) is 0. The molecule has 2 heterocycles. The van der Waals surface area contributed by atoms with E-state index in [0.717, 1.165) is 31.7 Å². The zero-order valence-electron chi connectivity index (χ0n) is 9.90. The summed E-state index contributed by atoms with van der Waals surface area (Å²) in [6.45, 7) is 0. The highest BCUT2D eigenvalue weighted by Gasteiger charge is 2.02. The molecule has 0 aliphatic heterocycles. The normalized spacial score (nSPS) is 11.5. The van der Waals surface area contributed by atoms with Crippen LogP contribution in [-0.2, 0) is 0 Å². The standard InChI is InChI=1S/C15H10BrClN2/c16-12-7-13-11(8-18-15(13)19-9-12)6-5-10-3-1-2-4-14(10)17/h1-9H,(H,18,19)/b6-5+. The van der Waals surface area contributed by atoms with Crippen molar-refractivity contribution in [1.29, 1.82) is 0 Å². The van der Waals surface area contributed by atoms with Crippen LogP contribution in [0.5, 0.6) is 0 Å². The lowest BCUT2D eigenvalue weighted by atomic mass is 10.1. The monoisotopic (exact) mass is 332 g/mol. The number of fused-ring (bicyclic) bond motifs is 1. The van der Waals surface area contributed by atoms with Crippen LogP contribution in [0.2, 0.25) is 5.02 Å². The van der Waals surface area contributed by atoms with E-state index < -0.39 is 0 Å². The molecule has 1 aromatic carbocycles. The van der Waals surface area contributed by atoms with E-state index in [1.165, 1.54) is 0 Å². The van der Waals surface area contributed by atoms with Gasteiger partial charge in [-0.15, -0.1) is 0 Å². The first-order valence-electron chi connectivity index (χ1n) is 5.79. The Balaban J connectivity index is 2.02. The van der Waals surface area contributed by atoms with Crippen LogP contribution in [0.3, 0.4) is 0 Å². The average Bonchev–Trinajstić information content (AvgIpc) is 2.80. The molecule has 0 amide bonds. The van der Waals surface area contributed by atoms with Crippen LogP contribution >= 0.6 is 27.5 Å². The van der Waals surface area contributed by atoms with Crippen LogP contribution in [0.15, 0.2) is 47.2 Å². The van der Waals surface area contributed by atoms with E-state index in [1.54, 1.807) is 6.20 Å². The molecule has 19 heavy (non-hydrogen) atoms. The van der Waals surface area contributed by atoms with Crippen LogP contribution in [0.4, 0.5) is 0 Å². The van der Waals surface area contributed by atoms with E-state index in [2.05, 4.69) is 25.9 Å². The molecule has 1 N–H and O–H groups in total. The van der Waals surface area contributed by atoms with Gasteiger partial charge in [-0.2, -0.15) is 0 Å². The minimum absolute atomic E-state index is 0.748. The molecule has 0 aliphatic rings. The third-order valence-electron chi connectivity index (χ3n) is 2.88. The van der Waals surface area contributed by atoms with Gasteiger partial charge in [-0.05, 0) is 33.6 Å². The number of nitrogens with one attached hydrogen (secondary N) is 1. The topological polar surface area (TPSA) is 28.7 Å². The number of H-pyrrole nitrogens is 1. The lowest BCUT2D eigenvalue weighted by molar-refractivity contribution is 1.31. The maximum Gasteiger partial charge on any atom is 0.137 e. The molecule has 0 unspecified atom stereocenters. The lowest BCUT2D eigenvalue weighted by Crippen LogP contribution is -1.76. The van der Waals surface area contributed by atoms with Gasteiger partial charge in [-0.3, -0.25) is 0 Å². The van der Waals surface area contributed by atoms with E-state index in [1.807, 2.05) is 48.7 Å². The zero-order chi connectivity index (χ0) is 13.2. The highest BCUT2D eigenvalue weighted by Crippen LogP contribution is 2.23. The molecule has 3 aromatic rings. The number of hydrogen-bond acceptors (Lipinski definition) is 1. The molecule has 3 rings (SSSR count). The molecule has 94 valence electrons. The molecule has 4 heteroatoms. The summed E-state index contributed by atoms with van der Waals surface area (Å²) in [6, 6.07) is 9.81. The fourth-order valence-corrected chi connectivity index (χ4v) is 2.46. The lowest BCUT2D eigenvalue weighted by Gasteiger charge is -1.96. The molecule has 0 spiro atoms. The summed E-state index contributed by atoms with van der Waals surface area (Å²) in [6.07, 6.45) is 7.76. The van der Waals surface area contributed by atoms with Crippen LogP contribution < -0.4 is 0 Å². The number of halogens is 2. The van der Waals surface area contributed by atoms with Crippen molar-refractivity contribution in [3.63, 3.8) is 0 Å². The summed E-state index contributed by atoms with van der Waals surface area (Å²) in [5.41, 5.74) is 2.97. The molecule has 2 nitrogen and oxygen atoms in total. The molecule has 0 radical (unpaired) electrons. The Morgan fingerprint density at radius 2 is 1.95 bits per heavy atom. The van der Waals surface area contributed by atoms with Gasteiger partial charge in [0.2, 0.25) is 0 Å². The molecule has 0 aliphatic carbocycles. The number of benzene rings is 1. The maximum atomic E-state index is 6.13. The fourth-order valence-electron chi connectivity index (χ4n) is 1.93. The van der Waals surface area contributed by atoms with E-state index in [4.69, 9.17) is 11.6 Å². The third-order valence-corrected chi connectivity index (χ3v) is 3.66. The maximum absolute atomic E-state index is 6.13. The van der Waals surface area contributed by atoms with Gasteiger partial charge in [0.25, 0.3) is 0 Å². The molecule has 2 aromatic heterocycles. The Bertz CT molecular complexity index is 762. The number of hydrogen-bond donors (Lipinski definition) is 1. The minimum atomic E-state index is 0.748. The van der Waals surface area contributed by atoms with Gasteiger partial charge in [-0.1, -0.05) is 42.0 Å². The third kappa shape index (κ3) is 2.57. The number of rotatable bonds is 2. The van der Waals surface area contributed by atoms with E-state index in [0.29, 0.717) is 0 Å². The second kappa shape index (κ2) is 5.19. The van der Waals surface area contributed by atoms with Crippen LogP contribution in [0.1, 0.15) is 11.1 Å². The van der Waals surface area contributed by atoms with E-state index in [-0.39, 0.29) is 0 Å². The fraction of sp³-hybridized carbons (Fsp3) is 0. The molecule has 0 bridgehead atoms. The summed E-state index contributed by atoms with van der Waals surface area (Å²) in [5, 5.41) is 1.83. The van der Waals surface area contributed by atoms with Gasteiger partial charge in [-0.25, -0.2) is 4.98 Å². The van der Waals surface area contributed by atoms with Crippen molar-refractivity contribution in [2.45, 2.75) is 0 Å². The Kier molecular flexibility index (Phi) is 3.40. The summed E-state index contributed by atoms with van der Waals surface area (Å²) < 4.78 is 0.965. The average molecular weight is 334 g/mol. The molecule has 0 saturated carbocycles. The minimum Gasteiger partial charge on any atom is -0.346 e. The van der Waals surface area contributed by atoms with Crippen molar-refractivity contribution >= 4 is 50.7 Å². The van der Waals surface area contributed by atoms with Gasteiger partial charge < -0.3 is 4.98 Å². The summed E-state index contributed by atoms with van der Waals surface area (Å²) in [5.74, 6) is 0. The van der Waals surface area contributed by atoms with E-state index >= 15 is 0 Å². The Hall–Kier alpha value is -1.58. The summed E-state index contributed by atoms with van der Waals surface area (Å²) >= 11 is 9.57. The van der Waals surface area contributed by atoms with Crippen LogP contribution in [-0.4, -0.2) is 9.97 Å². The first-order valence-corrected chi connectivity index (χ1v) is 6.96. The SMILES string of the molecule is Clc1ccccc1/C=C/c1c[nH]c2ncc(Br)cc12. The van der Waals surface area contributed by atoms with Crippen molar-refractivity contribution in [3.8, 4) is 0 Å². The molecule has 0 fully saturated rings.